The highest BCUT2D eigenvalue weighted by Gasteiger charge is 2.36. The number of hydroxylamine groups is 2. The van der Waals surface area contributed by atoms with Gasteiger partial charge in [0, 0.05) is 15.9 Å². The molecule has 1 aliphatic heterocycles. The highest BCUT2D eigenvalue weighted by atomic mass is 79.9. The van der Waals surface area contributed by atoms with Crippen molar-refractivity contribution >= 4 is 44.2 Å². The van der Waals surface area contributed by atoms with Gasteiger partial charge in [0.25, 0.3) is 17.5 Å². The molecule has 8 heteroatoms. The van der Waals surface area contributed by atoms with Crippen molar-refractivity contribution in [2.75, 3.05) is 6.61 Å². The molecule has 0 bridgehead atoms. The Kier molecular flexibility index (Phi) is 3.70. The topological polar surface area (TPSA) is 89.8 Å². The van der Waals surface area contributed by atoms with Gasteiger partial charge in [0.15, 0.2) is 0 Å². The van der Waals surface area contributed by atoms with E-state index in [1.165, 1.54) is 30.3 Å². The van der Waals surface area contributed by atoms with Gasteiger partial charge in [-0.3, -0.25) is 24.5 Å². The van der Waals surface area contributed by atoms with Crippen LogP contribution in [0.2, 0.25) is 0 Å². The van der Waals surface area contributed by atoms with Crippen LogP contribution in [-0.2, 0) is 4.84 Å². The molecule has 0 saturated carbocycles. The number of imide groups is 1. The van der Waals surface area contributed by atoms with E-state index in [1.807, 2.05) is 0 Å². The van der Waals surface area contributed by atoms with Gasteiger partial charge >= 0.3 is 0 Å². The van der Waals surface area contributed by atoms with Gasteiger partial charge in [0.2, 0.25) is 0 Å². The summed E-state index contributed by atoms with van der Waals surface area (Å²) in [7, 11) is 0. The molecule has 0 spiro atoms. The Balaban J connectivity index is 2.33. The monoisotopic (exact) mass is 376 g/mol. The van der Waals surface area contributed by atoms with Gasteiger partial charge < -0.3 is 0 Å². The first kappa shape index (κ1) is 15.3. The molecule has 2 aromatic carbocycles. The van der Waals surface area contributed by atoms with Crippen LogP contribution in [0.15, 0.2) is 41.4 Å². The van der Waals surface area contributed by atoms with Crippen molar-refractivity contribution in [1.82, 2.24) is 5.06 Å². The normalized spacial score (nSPS) is 13.5. The Morgan fingerprint density at radius 2 is 1.96 bits per heavy atom. The zero-order valence-corrected chi connectivity index (χ0v) is 13.2. The Morgan fingerprint density at radius 3 is 2.61 bits per heavy atom. The van der Waals surface area contributed by atoms with Gasteiger partial charge in [-0.25, -0.2) is 0 Å². The number of hydrogen-bond acceptors (Lipinski definition) is 5. The van der Waals surface area contributed by atoms with E-state index in [0.29, 0.717) is 9.54 Å². The third kappa shape index (κ3) is 2.32. The van der Waals surface area contributed by atoms with Crippen LogP contribution in [0.3, 0.4) is 0 Å². The molecule has 0 N–H and O–H groups in total. The third-order valence-corrected chi connectivity index (χ3v) is 3.86. The standard InChI is InChI=1S/C15H9BrN2O5/c1-2-5-23-17-14(19)9-3-4-12(18(21)22)10-6-8(16)7-11(13(9)10)15(17)20/h2-4,6-7H,1,5H2. The van der Waals surface area contributed by atoms with Crippen molar-refractivity contribution < 1.29 is 19.3 Å². The summed E-state index contributed by atoms with van der Waals surface area (Å²) >= 11 is 3.24. The van der Waals surface area contributed by atoms with E-state index in [0.717, 1.165) is 0 Å². The van der Waals surface area contributed by atoms with Gasteiger partial charge in [0.1, 0.15) is 0 Å². The third-order valence-electron chi connectivity index (χ3n) is 3.40. The second kappa shape index (κ2) is 5.56. The fourth-order valence-corrected chi connectivity index (χ4v) is 2.95. The minimum Gasteiger partial charge on any atom is -0.266 e. The van der Waals surface area contributed by atoms with Crippen LogP contribution in [0.5, 0.6) is 0 Å². The maximum absolute atomic E-state index is 12.5. The van der Waals surface area contributed by atoms with Crippen LogP contribution < -0.4 is 0 Å². The lowest BCUT2D eigenvalue weighted by Gasteiger charge is -2.25. The number of carbonyl (C=O) groups is 2. The van der Waals surface area contributed by atoms with E-state index in [9.17, 15) is 19.7 Å². The number of amides is 2. The van der Waals surface area contributed by atoms with Crippen molar-refractivity contribution in [1.29, 1.82) is 0 Å². The predicted molar refractivity (Wildman–Crippen MR) is 85.0 cm³/mol. The zero-order valence-electron chi connectivity index (χ0n) is 11.6. The fraction of sp³-hybridized carbons (Fsp3) is 0.0667. The minimum absolute atomic E-state index is 0.0169. The summed E-state index contributed by atoms with van der Waals surface area (Å²) in [6.45, 7) is 3.45. The van der Waals surface area contributed by atoms with Crippen molar-refractivity contribution in [3.05, 3.63) is 62.6 Å². The maximum Gasteiger partial charge on any atom is 0.285 e. The van der Waals surface area contributed by atoms with Gasteiger partial charge in [-0.2, -0.15) is 0 Å². The summed E-state index contributed by atoms with van der Waals surface area (Å²) < 4.78 is 0.492. The fourth-order valence-electron chi connectivity index (χ4n) is 2.50. The number of nitro groups is 1. The number of hydrogen-bond donors (Lipinski definition) is 0. The molecule has 1 heterocycles. The molecule has 23 heavy (non-hydrogen) atoms. The lowest BCUT2D eigenvalue weighted by atomic mass is 9.94. The summed E-state index contributed by atoms with van der Waals surface area (Å²) in [5, 5.41) is 12.3. The quantitative estimate of drug-likeness (QED) is 0.353. The molecule has 0 atom stereocenters. The molecule has 2 aromatic rings. The first-order valence-corrected chi connectivity index (χ1v) is 7.28. The highest BCUT2D eigenvalue weighted by Crippen LogP contribution is 2.37. The molecule has 7 nitrogen and oxygen atoms in total. The molecule has 2 amide bonds. The largest absolute Gasteiger partial charge is 0.285 e. The first-order valence-electron chi connectivity index (χ1n) is 6.49. The molecule has 0 fully saturated rings. The number of rotatable bonds is 4. The summed E-state index contributed by atoms with van der Waals surface area (Å²) in [4.78, 5) is 40.7. The highest BCUT2D eigenvalue weighted by molar-refractivity contribution is 9.10. The molecule has 0 saturated heterocycles. The Labute approximate surface area is 138 Å². The molecule has 116 valence electrons. The lowest BCUT2D eigenvalue weighted by Crippen LogP contribution is -2.40. The molecule has 0 unspecified atom stereocenters. The summed E-state index contributed by atoms with van der Waals surface area (Å²) in [6.07, 6.45) is 1.41. The van der Waals surface area contributed by atoms with E-state index < -0.39 is 16.7 Å². The van der Waals surface area contributed by atoms with Gasteiger partial charge in [-0.1, -0.05) is 22.0 Å². The van der Waals surface area contributed by atoms with Crippen molar-refractivity contribution in [3.8, 4) is 0 Å². The first-order chi connectivity index (χ1) is 11.0. The summed E-state index contributed by atoms with van der Waals surface area (Å²) in [5.74, 6) is -1.33. The predicted octanol–water partition coefficient (Wildman–Crippen LogP) is 3.22. The van der Waals surface area contributed by atoms with Crippen LogP contribution >= 0.6 is 15.9 Å². The molecule has 3 rings (SSSR count). The maximum atomic E-state index is 12.5. The number of nitro benzene ring substituents is 1. The number of nitrogens with zero attached hydrogens (tertiary/aromatic N) is 2. The smallest absolute Gasteiger partial charge is 0.266 e. The Hall–Kier alpha value is -2.58. The second-order valence-electron chi connectivity index (χ2n) is 4.75. The van der Waals surface area contributed by atoms with Gasteiger partial charge in [-0.05, 0) is 18.2 Å². The summed E-state index contributed by atoms with van der Waals surface area (Å²) in [5.41, 5.74) is 0.167. The Morgan fingerprint density at radius 1 is 1.26 bits per heavy atom. The van der Waals surface area contributed by atoms with Crippen LogP contribution in [0, 0.1) is 10.1 Å². The van der Waals surface area contributed by atoms with Crippen LogP contribution in [0.4, 0.5) is 5.69 Å². The lowest BCUT2D eigenvalue weighted by molar-refractivity contribution is -0.383. The summed E-state index contributed by atoms with van der Waals surface area (Å²) in [6, 6.07) is 5.60. The SMILES string of the molecule is C=CCON1C(=O)c2ccc([N+](=O)[O-])c3cc(Br)cc(c23)C1=O. The van der Waals surface area contributed by atoms with Gasteiger partial charge in [0.05, 0.1) is 28.0 Å². The average Bonchev–Trinajstić information content (AvgIpc) is 2.51. The molecule has 0 aliphatic carbocycles. The van der Waals surface area contributed by atoms with Gasteiger partial charge in [-0.15, -0.1) is 11.6 Å². The molecular weight excluding hydrogens is 368 g/mol. The van der Waals surface area contributed by atoms with Crippen molar-refractivity contribution in [2.45, 2.75) is 0 Å². The minimum atomic E-state index is -0.670. The number of carbonyl (C=O) groups excluding carboxylic acids is 2. The van der Waals surface area contributed by atoms with E-state index in [4.69, 9.17) is 4.84 Å². The Bertz CT molecular complexity index is 893. The zero-order chi connectivity index (χ0) is 16.7. The van der Waals surface area contributed by atoms with Crippen molar-refractivity contribution in [3.63, 3.8) is 0 Å². The molecule has 1 aliphatic rings. The van der Waals surface area contributed by atoms with Crippen LogP contribution in [0.1, 0.15) is 20.7 Å². The van der Waals surface area contributed by atoms with E-state index in [-0.39, 0.29) is 34.2 Å². The van der Waals surface area contributed by atoms with E-state index >= 15 is 0 Å². The van der Waals surface area contributed by atoms with Crippen LogP contribution in [0.25, 0.3) is 10.8 Å². The number of non-ortho nitro benzene ring substituents is 1. The second-order valence-corrected chi connectivity index (χ2v) is 5.67. The van der Waals surface area contributed by atoms with Crippen LogP contribution in [-0.4, -0.2) is 28.4 Å². The van der Waals surface area contributed by atoms with E-state index in [1.54, 1.807) is 0 Å². The number of benzene rings is 2. The van der Waals surface area contributed by atoms with E-state index in [2.05, 4.69) is 22.5 Å². The average molecular weight is 377 g/mol. The molecule has 0 aromatic heterocycles. The van der Waals surface area contributed by atoms with Crippen molar-refractivity contribution in [2.24, 2.45) is 0 Å². The molecular formula is C15H9BrN2O5. The number of halogens is 1. The molecule has 0 radical (unpaired) electrons.